The number of aromatic nitrogens is 3. The van der Waals surface area contributed by atoms with Crippen molar-refractivity contribution in [3.63, 3.8) is 0 Å². The summed E-state index contributed by atoms with van der Waals surface area (Å²) in [4.78, 5) is 15.2. The lowest BCUT2D eigenvalue weighted by atomic mass is 9.86. The smallest absolute Gasteiger partial charge is 0.164 e. The van der Waals surface area contributed by atoms with E-state index in [1.807, 2.05) is 36.4 Å². The third kappa shape index (κ3) is 5.55. The van der Waals surface area contributed by atoms with E-state index in [0.717, 1.165) is 27.8 Å². The molecule has 0 unspecified atom stereocenters. The van der Waals surface area contributed by atoms with E-state index in [1.165, 1.54) is 75.8 Å². The van der Waals surface area contributed by atoms with Crippen molar-refractivity contribution >= 4 is 64.6 Å². The Morgan fingerprint density at radius 3 is 1.13 bits per heavy atom. The van der Waals surface area contributed by atoms with E-state index >= 15 is 0 Å². The Morgan fingerprint density at radius 2 is 0.583 bits per heavy atom. The molecule has 0 radical (unpaired) electrons. The average Bonchev–Trinajstić information content (AvgIpc) is 3.34. The van der Waals surface area contributed by atoms with Crippen molar-refractivity contribution in [2.75, 3.05) is 0 Å². The second kappa shape index (κ2) is 13.8. The predicted molar refractivity (Wildman–Crippen MR) is 252 cm³/mol. The van der Waals surface area contributed by atoms with Gasteiger partial charge in [0.05, 0.1) is 0 Å². The highest BCUT2D eigenvalue weighted by molar-refractivity contribution is 6.30. The van der Waals surface area contributed by atoms with Crippen molar-refractivity contribution in [3.05, 3.63) is 212 Å². The highest BCUT2D eigenvalue weighted by Crippen LogP contribution is 2.44. The molecule has 0 saturated heterocycles. The van der Waals surface area contributed by atoms with Gasteiger partial charge in [-0.05, 0) is 111 Å². The largest absolute Gasteiger partial charge is 0.208 e. The highest BCUT2D eigenvalue weighted by Gasteiger charge is 2.18. The van der Waals surface area contributed by atoms with Crippen LogP contribution in [0.3, 0.4) is 0 Å². The van der Waals surface area contributed by atoms with Crippen molar-refractivity contribution in [1.82, 2.24) is 15.0 Å². The second-order valence-corrected chi connectivity index (χ2v) is 15.5. The Balaban J connectivity index is 1.13. The summed E-state index contributed by atoms with van der Waals surface area (Å²) >= 11 is 0. The molecule has 1 aromatic heterocycles. The van der Waals surface area contributed by atoms with Gasteiger partial charge in [-0.3, -0.25) is 0 Å². The molecule has 0 amide bonds. The number of fused-ring (bicyclic) bond motifs is 12. The van der Waals surface area contributed by atoms with Gasteiger partial charge in [0.25, 0.3) is 0 Å². The number of hydrogen-bond acceptors (Lipinski definition) is 3. The summed E-state index contributed by atoms with van der Waals surface area (Å²) in [5.41, 5.74) is 7.43. The molecule has 278 valence electrons. The van der Waals surface area contributed by atoms with Crippen molar-refractivity contribution in [2.24, 2.45) is 0 Å². The molecule has 0 saturated carbocycles. The lowest BCUT2D eigenvalue weighted by Gasteiger charge is -2.18. The number of benzene rings is 11. The van der Waals surface area contributed by atoms with Gasteiger partial charge < -0.3 is 0 Å². The minimum atomic E-state index is 0.633. The molecule has 3 heteroatoms. The summed E-state index contributed by atoms with van der Waals surface area (Å²) in [5, 5.41) is 15.0. The van der Waals surface area contributed by atoms with E-state index in [0.29, 0.717) is 17.5 Å². The van der Waals surface area contributed by atoms with Gasteiger partial charge in [0.2, 0.25) is 0 Å². The van der Waals surface area contributed by atoms with Gasteiger partial charge in [-0.2, -0.15) is 0 Å². The quantitative estimate of drug-likeness (QED) is 0.164. The molecule has 1 heterocycles. The fourth-order valence-corrected chi connectivity index (χ4v) is 9.28. The molecule has 0 N–H and O–H groups in total. The highest BCUT2D eigenvalue weighted by atomic mass is 15.0. The molecule has 12 aromatic rings. The zero-order valence-corrected chi connectivity index (χ0v) is 32.5. The first-order chi connectivity index (χ1) is 29.7. The topological polar surface area (TPSA) is 38.7 Å². The van der Waals surface area contributed by atoms with Crippen LogP contribution in [0.15, 0.2) is 212 Å². The molecule has 3 nitrogen and oxygen atoms in total. The van der Waals surface area contributed by atoms with Gasteiger partial charge in [0, 0.05) is 16.7 Å². The number of rotatable bonds is 5. The normalized spacial score (nSPS) is 11.7. The van der Waals surface area contributed by atoms with Gasteiger partial charge >= 0.3 is 0 Å². The predicted octanol–water partition coefficient (Wildman–Crippen LogP) is 15.1. The zero-order chi connectivity index (χ0) is 39.6. The summed E-state index contributed by atoms with van der Waals surface area (Å²) < 4.78 is 0. The molecule has 0 atom stereocenters. The lowest BCUT2D eigenvalue weighted by molar-refractivity contribution is 1.07. The fraction of sp³-hybridized carbons (Fsp3) is 0. The van der Waals surface area contributed by atoms with E-state index in [2.05, 4.69) is 176 Å². The zero-order valence-electron chi connectivity index (χ0n) is 32.5. The van der Waals surface area contributed by atoms with E-state index < -0.39 is 0 Å². The van der Waals surface area contributed by atoms with Crippen molar-refractivity contribution in [1.29, 1.82) is 0 Å². The summed E-state index contributed by atoms with van der Waals surface area (Å²) in [6.45, 7) is 0. The van der Waals surface area contributed by atoms with Crippen LogP contribution >= 0.6 is 0 Å². The van der Waals surface area contributed by atoms with Crippen LogP contribution in [0.1, 0.15) is 0 Å². The van der Waals surface area contributed by atoms with Crippen molar-refractivity contribution < 1.29 is 0 Å². The Morgan fingerprint density at radius 1 is 0.200 bits per heavy atom. The maximum absolute atomic E-state index is 5.11. The van der Waals surface area contributed by atoms with Gasteiger partial charge in [0.15, 0.2) is 17.5 Å². The van der Waals surface area contributed by atoms with Crippen LogP contribution in [-0.2, 0) is 0 Å². The maximum atomic E-state index is 5.11. The first-order valence-electron chi connectivity index (χ1n) is 20.4. The molecule has 11 aromatic carbocycles. The summed E-state index contributed by atoms with van der Waals surface area (Å²) in [5.74, 6) is 1.92. The van der Waals surface area contributed by atoms with Crippen LogP contribution in [-0.4, -0.2) is 15.0 Å². The van der Waals surface area contributed by atoms with E-state index in [-0.39, 0.29) is 0 Å². The van der Waals surface area contributed by atoms with Crippen molar-refractivity contribution in [2.45, 2.75) is 0 Å². The number of nitrogens with zero attached hydrogens (tertiary/aromatic N) is 3. The van der Waals surface area contributed by atoms with Gasteiger partial charge in [-0.15, -0.1) is 0 Å². The standard InChI is InChI=1S/C57H35N3/c1-3-16-36(17-4-1)55-58-56(37-18-5-2-6-19-37)60-57(59-55)40-21-15-20-39(32-40)51-34-41(35-53-48-28-12-10-25-45(48)46-26-13-14-29-50(46)54(51)53)38-30-31-49-44-24-8-7-22-42(44)43-23-9-11-27-47(43)52(49)33-38/h1-35H. The van der Waals surface area contributed by atoms with E-state index in [9.17, 15) is 0 Å². The lowest BCUT2D eigenvalue weighted by Crippen LogP contribution is -2.00. The molecule has 0 aliphatic heterocycles. The SMILES string of the molecule is c1ccc(-c2nc(-c3ccccc3)nc(-c3cccc(-c4cc(-c5ccc6c7ccccc7c7ccccc7c6c5)cc5c6ccccc6c6ccccc6c45)c3)n2)cc1. The summed E-state index contributed by atoms with van der Waals surface area (Å²) in [6, 6.07) is 76.1. The number of hydrogen-bond donors (Lipinski definition) is 0. The van der Waals surface area contributed by atoms with Crippen molar-refractivity contribution in [3.8, 4) is 56.4 Å². The first kappa shape index (κ1) is 34.1. The first-order valence-corrected chi connectivity index (χ1v) is 20.4. The average molecular weight is 762 g/mol. The fourth-order valence-electron chi connectivity index (χ4n) is 9.28. The Bertz CT molecular complexity index is 3560. The molecule has 60 heavy (non-hydrogen) atoms. The minimum absolute atomic E-state index is 0.633. The maximum Gasteiger partial charge on any atom is 0.164 e. The Labute approximate surface area is 346 Å². The molecule has 0 aliphatic rings. The monoisotopic (exact) mass is 761 g/mol. The molecule has 0 spiro atoms. The van der Waals surface area contributed by atoms with Gasteiger partial charge in [-0.1, -0.05) is 188 Å². The molecular formula is C57H35N3. The third-order valence-corrected chi connectivity index (χ3v) is 12.1. The minimum Gasteiger partial charge on any atom is -0.208 e. The van der Waals surface area contributed by atoms with Crippen LogP contribution in [0.4, 0.5) is 0 Å². The molecule has 0 bridgehead atoms. The van der Waals surface area contributed by atoms with E-state index in [1.54, 1.807) is 0 Å². The molecule has 0 fully saturated rings. The van der Waals surface area contributed by atoms with E-state index in [4.69, 9.17) is 15.0 Å². The van der Waals surface area contributed by atoms with Crippen LogP contribution in [0.5, 0.6) is 0 Å². The summed E-state index contributed by atoms with van der Waals surface area (Å²) in [6.07, 6.45) is 0. The Kier molecular flexibility index (Phi) is 7.85. The van der Waals surface area contributed by atoms with Gasteiger partial charge in [-0.25, -0.2) is 15.0 Å². The van der Waals surface area contributed by atoms with Gasteiger partial charge in [0.1, 0.15) is 0 Å². The second-order valence-electron chi connectivity index (χ2n) is 15.5. The molecular weight excluding hydrogens is 727 g/mol. The van der Waals surface area contributed by atoms with Crippen LogP contribution in [0, 0.1) is 0 Å². The van der Waals surface area contributed by atoms with Crippen LogP contribution in [0.2, 0.25) is 0 Å². The molecule has 12 rings (SSSR count). The third-order valence-electron chi connectivity index (χ3n) is 12.1. The van der Waals surface area contributed by atoms with Crippen LogP contribution < -0.4 is 0 Å². The summed E-state index contributed by atoms with van der Waals surface area (Å²) in [7, 11) is 0. The van der Waals surface area contributed by atoms with Crippen LogP contribution in [0.25, 0.3) is 121 Å². The molecule has 0 aliphatic carbocycles. The Hall–Kier alpha value is -8.01.